The summed E-state index contributed by atoms with van der Waals surface area (Å²) in [6.07, 6.45) is 2.12. The van der Waals surface area contributed by atoms with E-state index in [0.29, 0.717) is 5.56 Å². The number of nitrogens with zero attached hydrogens (tertiary/aromatic N) is 1. The Morgan fingerprint density at radius 2 is 1.39 bits per heavy atom. The molecule has 0 spiro atoms. The van der Waals surface area contributed by atoms with Crippen LogP contribution in [0.4, 0.5) is 0 Å². The first-order valence-corrected chi connectivity index (χ1v) is 5.07. The van der Waals surface area contributed by atoms with Gasteiger partial charge in [-0.2, -0.15) is 0 Å². The molecule has 1 heterocycles. The van der Waals surface area contributed by atoms with Crippen LogP contribution < -0.4 is 10.2 Å². The zero-order chi connectivity index (χ0) is 13.1. The lowest BCUT2D eigenvalue weighted by Crippen LogP contribution is -2.27. The number of hydrogen-bond acceptors (Lipinski definition) is 5. The maximum atomic E-state index is 11.0. The van der Waals surface area contributed by atoms with Crippen LogP contribution in [0.1, 0.15) is 20.7 Å². The molecule has 0 radical (unpaired) electrons. The summed E-state index contributed by atoms with van der Waals surface area (Å²) >= 11 is 0. The van der Waals surface area contributed by atoms with Gasteiger partial charge >= 0.3 is 0 Å². The van der Waals surface area contributed by atoms with Crippen molar-refractivity contribution in [1.82, 2.24) is 4.98 Å². The molecule has 0 aliphatic heterocycles. The van der Waals surface area contributed by atoms with E-state index in [1.54, 1.807) is 30.3 Å². The zero-order valence-corrected chi connectivity index (χ0v) is 9.12. The molecule has 5 nitrogen and oxygen atoms in total. The number of carboxylic acids is 2. The Hall–Kier alpha value is -2.69. The molecular formula is C13H7NO4-2. The van der Waals surface area contributed by atoms with Gasteiger partial charge in [0.2, 0.25) is 0 Å². The summed E-state index contributed by atoms with van der Waals surface area (Å²) in [7, 11) is 0. The van der Waals surface area contributed by atoms with Gasteiger partial charge in [0, 0.05) is 29.1 Å². The van der Waals surface area contributed by atoms with Gasteiger partial charge in [0.25, 0.3) is 0 Å². The number of carbonyl (C=O) groups excluding carboxylic acids is 2. The van der Waals surface area contributed by atoms with E-state index in [1.807, 2.05) is 0 Å². The Morgan fingerprint density at radius 1 is 0.889 bits per heavy atom. The fourth-order valence-corrected chi connectivity index (χ4v) is 1.69. The lowest BCUT2D eigenvalue weighted by molar-refractivity contribution is -0.255. The van der Waals surface area contributed by atoms with E-state index in [9.17, 15) is 19.8 Å². The lowest BCUT2D eigenvalue weighted by atomic mass is 9.97. The van der Waals surface area contributed by atoms with Gasteiger partial charge in [-0.1, -0.05) is 30.3 Å². The number of hydrogen-bond donors (Lipinski definition) is 0. The largest absolute Gasteiger partial charge is 0.545 e. The lowest BCUT2D eigenvalue weighted by Gasteiger charge is -2.15. The van der Waals surface area contributed by atoms with Crippen LogP contribution in [0, 0.1) is 0 Å². The minimum atomic E-state index is -1.48. The van der Waals surface area contributed by atoms with Crippen LogP contribution in [-0.2, 0) is 0 Å². The summed E-state index contributed by atoms with van der Waals surface area (Å²) in [5, 5.41) is 22.0. The standard InChI is InChI=1S/C13H9NO4/c15-12(16)9-6-14-7-10(13(17)18)11(9)8-4-2-1-3-5-8/h1-7H,(H,15,16)(H,17,18)/p-2. The molecule has 0 atom stereocenters. The topological polar surface area (TPSA) is 93.2 Å². The van der Waals surface area contributed by atoms with E-state index >= 15 is 0 Å². The molecule has 1 aromatic carbocycles. The minimum absolute atomic E-state index is 0.0469. The SMILES string of the molecule is O=C([O-])c1cncc(C(=O)[O-])c1-c1ccccc1. The Kier molecular flexibility index (Phi) is 3.05. The molecule has 0 unspecified atom stereocenters. The third kappa shape index (κ3) is 2.06. The van der Waals surface area contributed by atoms with Gasteiger partial charge in [0.15, 0.2) is 0 Å². The van der Waals surface area contributed by atoms with Gasteiger partial charge in [-0.3, -0.25) is 4.98 Å². The van der Waals surface area contributed by atoms with Crippen molar-refractivity contribution in [3.63, 3.8) is 0 Å². The predicted octanol–water partition coefficient (Wildman–Crippen LogP) is -0.524. The van der Waals surface area contributed by atoms with Crippen molar-refractivity contribution in [1.29, 1.82) is 0 Å². The van der Waals surface area contributed by atoms with Crippen molar-refractivity contribution in [2.24, 2.45) is 0 Å². The Bertz CT molecular complexity index is 575. The average molecular weight is 241 g/mol. The molecule has 0 saturated heterocycles. The molecule has 0 amide bonds. The van der Waals surface area contributed by atoms with E-state index in [-0.39, 0.29) is 16.7 Å². The van der Waals surface area contributed by atoms with Crippen molar-refractivity contribution < 1.29 is 19.8 Å². The number of benzene rings is 1. The number of rotatable bonds is 3. The molecule has 2 aromatic rings. The zero-order valence-electron chi connectivity index (χ0n) is 9.12. The van der Waals surface area contributed by atoms with E-state index in [1.165, 1.54) is 0 Å². The van der Waals surface area contributed by atoms with Crippen LogP contribution in [0.5, 0.6) is 0 Å². The van der Waals surface area contributed by atoms with Crippen LogP contribution in [0.3, 0.4) is 0 Å². The normalized spacial score (nSPS) is 10.0. The Labute approximate surface area is 102 Å². The Morgan fingerprint density at radius 3 is 1.83 bits per heavy atom. The quantitative estimate of drug-likeness (QED) is 0.720. The van der Waals surface area contributed by atoms with Crippen molar-refractivity contribution in [3.05, 3.63) is 53.9 Å². The third-order valence-electron chi connectivity index (χ3n) is 2.45. The molecule has 0 fully saturated rings. The summed E-state index contributed by atoms with van der Waals surface area (Å²) < 4.78 is 0. The van der Waals surface area contributed by atoms with E-state index < -0.39 is 11.9 Å². The molecule has 5 heteroatoms. The second-order valence-electron chi connectivity index (χ2n) is 3.55. The Balaban J connectivity index is 2.77. The summed E-state index contributed by atoms with van der Waals surface area (Å²) in [5.74, 6) is -2.96. The van der Waals surface area contributed by atoms with Crippen LogP contribution in [-0.4, -0.2) is 16.9 Å². The molecule has 1 aromatic heterocycles. The van der Waals surface area contributed by atoms with Gasteiger partial charge in [0.1, 0.15) is 0 Å². The highest BCUT2D eigenvalue weighted by atomic mass is 16.4. The molecule has 90 valence electrons. The number of carboxylic acid groups (broad SMARTS) is 2. The summed E-state index contributed by atoms with van der Waals surface area (Å²) in [5.41, 5.74) is -0.0466. The number of aromatic nitrogens is 1. The van der Waals surface area contributed by atoms with Gasteiger partial charge in [-0.15, -0.1) is 0 Å². The first-order valence-electron chi connectivity index (χ1n) is 5.07. The second kappa shape index (κ2) is 4.67. The van der Waals surface area contributed by atoms with Crippen LogP contribution >= 0.6 is 0 Å². The average Bonchev–Trinajstić information content (AvgIpc) is 2.38. The van der Waals surface area contributed by atoms with Crippen LogP contribution in [0.25, 0.3) is 11.1 Å². The fourth-order valence-electron chi connectivity index (χ4n) is 1.69. The van der Waals surface area contributed by atoms with Gasteiger partial charge < -0.3 is 19.8 Å². The first-order chi connectivity index (χ1) is 8.61. The molecule has 0 bridgehead atoms. The monoisotopic (exact) mass is 241 g/mol. The van der Waals surface area contributed by atoms with E-state index in [0.717, 1.165) is 12.4 Å². The fraction of sp³-hybridized carbons (Fsp3) is 0. The maximum absolute atomic E-state index is 11.0. The first kappa shape index (κ1) is 11.8. The van der Waals surface area contributed by atoms with Crippen molar-refractivity contribution in [2.75, 3.05) is 0 Å². The van der Waals surface area contributed by atoms with Crippen LogP contribution in [0.2, 0.25) is 0 Å². The number of aromatic carboxylic acids is 2. The molecule has 0 saturated carbocycles. The van der Waals surface area contributed by atoms with Gasteiger partial charge in [-0.25, -0.2) is 0 Å². The highest BCUT2D eigenvalue weighted by molar-refractivity contribution is 6.03. The highest BCUT2D eigenvalue weighted by Crippen LogP contribution is 2.26. The smallest absolute Gasteiger partial charge is 0.0737 e. The molecule has 0 N–H and O–H groups in total. The highest BCUT2D eigenvalue weighted by Gasteiger charge is 2.12. The molecule has 18 heavy (non-hydrogen) atoms. The van der Waals surface area contributed by atoms with Crippen molar-refractivity contribution >= 4 is 11.9 Å². The minimum Gasteiger partial charge on any atom is -0.545 e. The number of carbonyl (C=O) groups is 2. The maximum Gasteiger partial charge on any atom is 0.0737 e. The molecular weight excluding hydrogens is 234 g/mol. The predicted molar refractivity (Wildman–Crippen MR) is 58.3 cm³/mol. The molecule has 0 aliphatic carbocycles. The summed E-state index contributed by atoms with van der Waals surface area (Å²) in [4.78, 5) is 25.6. The van der Waals surface area contributed by atoms with E-state index in [2.05, 4.69) is 4.98 Å². The van der Waals surface area contributed by atoms with E-state index in [4.69, 9.17) is 0 Å². The summed E-state index contributed by atoms with van der Waals surface area (Å²) in [6.45, 7) is 0. The van der Waals surface area contributed by atoms with Crippen molar-refractivity contribution in [3.8, 4) is 11.1 Å². The third-order valence-corrected chi connectivity index (χ3v) is 2.45. The molecule has 2 rings (SSSR count). The van der Waals surface area contributed by atoms with Gasteiger partial charge in [0.05, 0.1) is 11.9 Å². The van der Waals surface area contributed by atoms with Crippen LogP contribution in [0.15, 0.2) is 42.7 Å². The van der Waals surface area contributed by atoms with Crippen molar-refractivity contribution in [2.45, 2.75) is 0 Å². The summed E-state index contributed by atoms with van der Waals surface area (Å²) in [6, 6.07) is 8.30. The van der Waals surface area contributed by atoms with Gasteiger partial charge in [-0.05, 0) is 5.56 Å². The second-order valence-corrected chi connectivity index (χ2v) is 3.55. The molecule has 0 aliphatic rings. The number of pyridine rings is 1.